The van der Waals surface area contributed by atoms with Gasteiger partial charge in [-0.05, 0) is 38.5 Å². The van der Waals surface area contributed by atoms with E-state index in [1.54, 1.807) is 14.2 Å². The number of ether oxygens (including phenoxy) is 2. The molecule has 0 spiro atoms. The molecule has 0 bridgehead atoms. The number of halogens is 1. The van der Waals surface area contributed by atoms with Crippen LogP contribution in [0.15, 0.2) is 18.2 Å². The Hall–Kier alpha value is -1.42. The number of carbonyl (C=O) groups excluding carboxylic acids is 1. The SMILES string of the molecule is COc1ccc(C(C)NC(=O)C(C)(C)CCl)cc1OC. The number of nitrogens with one attached hydrogen (secondary N) is 1. The van der Waals surface area contributed by atoms with Gasteiger partial charge in [0.1, 0.15) is 0 Å². The molecular formula is C15H22ClNO3. The summed E-state index contributed by atoms with van der Waals surface area (Å²) in [5.41, 5.74) is 0.355. The highest BCUT2D eigenvalue weighted by Crippen LogP contribution is 2.30. The molecular weight excluding hydrogens is 278 g/mol. The van der Waals surface area contributed by atoms with Gasteiger partial charge in [-0.25, -0.2) is 0 Å². The van der Waals surface area contributed by atoms with E-state index in [0.717, 1.165) is 5.56 Å². The summed E-state index contributed by atoms with van der Waals surface area (Å²) in [4.78, 5) is 12.1. The molecule has 0 heterocycles. The Morgan fingerprint density at radius 2 is 1.90 bits per heavy atom. The van der Waals surface area contributed by atoms with Gasteiger partial charge in [-0.3, -0.25) is 4.79 Å². The van der Waals surface area contributed by atoms with Crippen LogP contribution in [0.2, 0.25) is 0 Å². The summed E-state index contributed by atoms with van der Waals surface area (Å²) in [5, 5.41) is 2.96. The number of alkyl halides is 1. The van der Waals surface area contributed by atoms with Gasteiger partial charge in [0.05, 0.1) is 25.7 Å². The lowest BCUT2D eigenvalue weighted by atomic mass is 9.94. The first-order valence-corrected chi connectivity index (χ1v) is 6.98. The molecule has 1 rings (SSSR count). The van der Waals surface area contributed by atoms with Crippen molar-refractivity contribution >= 4 is 17.5 Å². The summed E-state index contributed by atoms with van der Waals surface area (Å²) in [5.74, 6) is 1.51. The molecule has 0 aliphatic rings. The first-order chi connectivity index (χ1) is 9.35. The number of hydrogen-bond donors (Lipinski definition) is 1. The van der Waals surface area contributed by atoms with Crippen LogP contribution in [0.1, 0.15) is 32.4 Å². The van der Waals surface area contributed by atoms with Crippen molar-refractivity contribution in [2.45, 2.75) is 26.8 Å². The molecule has 1 atom stereocenters. The molecule has 1 amide bonds. The topological polar surface area (TPSA) is 47.6 Å². The average molecular weight is 300 g/mol. The van der Waals surface area contributed by atoms with E-state index in [2.05, 4.69) is 5.32 Å². The van der Waals surface area contributed by atoms with Gasteiger partial charge in [-0.2, -0.15) is 0 Å². The number of rotatable bonds is 6. The van der Waals surface area contributed by atoms with Crippen molar-refractivity contribution in [3.63, 3.8) is 0 Å². The second-order valence-electron chi connectivity index (χ2n) is 5.33. The highest BCUT2D eigenvalue weighted by atomic mass is 35.5. The van der Waals surface area contributed by atoms with Gasteiger partial charge >= 0.3 is 0 Å². The molecule has 0 fully saturated rings. The maximum absolute atomic E-state index is 12.1. The van der Waals surface area contributed by atoms with Crippen LogP contribution < -0.4 is 14.8 Å². The molecule has 1 N–H and O–H groups in total. The van der Waals surface area contributed by atoms with E-state index in [1.165, 1.54) is 0 Å². The third-order valence-corrected chi connectivity index (χ3v) is 3.87. The summed E-state index contributed by atoms with van der Waals surface area (Å²) in [6.07, 6.45) is 0. The van der Waals surface area contributed by atoms with E-state index in [-0.39, 0.29) is 17.8 Å². The van der Waals surface area contributed by atoms with Crippen LogP contribution in [0.3, 0.4) is 0 Å². The van der Waals surface area contributed by atoms with Gasteiger partial charge in [-0.15, -0.1) is 11.6 Å². The van der Waals surface area contributed by atoms with Crippen molar-refractivity contribution in [1.29, 1.82) is 0 Å². The van der Waals surface area contributed by atoms with Crippen molar-refractivity contribution in [3.05, 3.63) is 23.8 Å². The van der Waals surface area contributed by atoms with Gasteiger partial charge in [0.2, 0.25) is 5.91 Å². The Balaban J connectivity index is 2.88. The van der Waals surface area contributed by atoms with Crippen molar-refractivity contribution in [2.24, 2.45) is 5.41 Å². The Bertz CT molecular complexity index is 474. The van der Waals surface area contributed by atoms with Crippen LogP contribution in [-0.2, 0) is 4.79 Å². The second-order valence-corrected chi connectivity index (χ2v) is 5.59. The Labute approximate surface area is 125 Å². The van der Waals surface area contributed by atoms with Crippen LogP contribution >= 0.6 is 11.6 Å². The third-order valence-electron chi connectivity index (χ3n) is 3.20. The highest BCUT2D eigenvalue weighted by molar-refractivity contribution is 6.19. The van der Waals surface area contributed by atoms with Crippen molar-refractivity contribution in [2.75, 3.05) is 20.1 Å². The maximum atomic E-state index is 12.1. The van der Waals surface area contributed by atoms with E-state index in [1.807, 2.05) is 39.0 Å². The monoisotopic (exact) mass is 299 g/mol. The Morgan fingerprint density at radius 1 is 1.30 bits per heavy atom. The standard InChI is InChI=1S/C15H22ClNO3/c1-10(17-14(18)15(2,3)9-16)11-6-7-12(19-4)13(8-11)20-5/h6-8,10H,9H2,1-5H3,(H,17,18). The fourth-order valence-electron chi connectivity index (χ4n) is 1.66. The normalized spacial score (nSPS) is 12.7. The first-order valence-electron chi connectivity index (χ1n) is 6.44. The Kier molecular flexibility index (Phi) is 5.69. The lowest BCUT2D eigenvalue weighted by Crippen LogP contribution is -2.39. The van der Waals surface area contributed by atoms with Gasteiger partial charge < -0.3 is 14.8 Å². The molecule has 0 aromatic heterocycles. The van der Waals surface area contributed by atoms with Crippen LogP contribution in [0.25, 0.3) is 0 Å². The molecule has 20 heavy (non-hydrogen) atoms. The fraction of sp³-hybridized carbons (Fsp3) is 0.533. The van der Waals surface area contributed by atoms with Crippen LogP contribution in [0.4, 0.5) is 0 Å². The first kappa shape index (κ1) is 16.6. The van der Waals surface area contributed by atoms with Crippen molar-refractivity contribution < 1.29 is 14.3 Å². The second kappa shape index (κ2) is 6.84. The van der Waals surface area contributed by atoms with E-state index >= 15 is 0 Å². The third kappa shape index (κ3) is 3.79. The number of amides is 1. The van der Waals surface area contributed by atoms with E-state index in [9.17, 15) is 4.79 Å². The molecule has 1 aromatic carbocycles. The zero-order chi connectivity index (χ0) is 15.3. The Morgan fingerprint density at radius 3 is 2.40 bits per heavy atom. The smallest absolute Gasteiger partial charge is 0.227 e. The summed E-state index contributed by atoms with van der Waals surface area (Å²) in [7, 11) is 3.17. The molecule has 0 aliphatic heterocycles. The lowest BCUT2D eigenvalue weighted by molar-refractivity contribution is -0.129. The zero-order valence-corrected chi connectivity index (χ0v) is 13.4. The fourth-order valence-corrected chi connectivity index (χ4v) is 1.78. The summed E-state index contributed by atoms with van der Waals surface area (Å²) >= 11 is 5.81. The van der Waals surface area contributed by atoms with Gasteiger partial charge in [0.25, 0.3) is 0 Å². The maximum Gasteiger partial charge on any atom is 0.227 e. The molecule has 112 valence electrons. The number of methoxy groups -OCH3 is 2. The van der Waals surface area contributed by atoms with E-state index in [0.29, 0.717) is 11.5 Å². The van der Waals surface area contributed by atoms with E-state index < -0.39 is 5.41 Å². The predicted octanol–water partition coefficient (Wildman–Crippen LogP) is 3.15. The van der Waals surface area contributed by atoms with Crippen LogP contribution in [0, 0.1) is 5.41 Å². The average Bonchev–Trinajstić information content (AvgIpc) is 2.46. The predicted molar refractivity (Wildman–Crippen MR) is 80.6 cm³/mol. The lowest BCUT2D eigenvalue weighted by Gasteiger charge is -2.24. The number of benzene rings is 1. The molecule has 0 aliphatic carbocycles. The molecule has 0 radical (unpaired) electrons. The van der Waals surface area contributed by atoms with Gasteiger partial charge in [0, 0.05) is 5.88 Å². The van der Waals surface area contributed by atoms with Gasteiger partial charge in [-0.1, -0.05) is 6.07 Å². The van der Waals surface area contributed by atoms with Crippen molar-refractivity contribution in [1.82, 2.24) is 5.32 Å². The molecule has 5 heteroatoms. The molecule has 0 saturated heterocycles. The minimum absolute atomic E-state index is 0.0743. The number of hydrogen-bond acceptors (Lipinski definition) is 3. The minimum atomic E-state index is -0.591. The van der Waals surface area contributed by atoms with Crippen molar-refractivity contribution in [3.8, 4) is 11.5 Å². The molecule has 4 nitrogen and oxygen atoms in total. The van der Waals surface area contributed by atoms with Crippen LogP contribution in [0.5, 0.6) is 11.5 Å². The summed E-state index contributed by atoms with van der Waals surface area (Å²) in [6, 6.07) is 5.45. The van der Waals surface area contributed by atoms with Crippen LogP contribution in [-0.4, -0.2) is 26.0 Å². The quantitative estimate of drug-likeness (QED) is 0.821. The molecule has 1 aromatic rings. The summed E-state index contributed by atoms with van der Waals surface area (Å²) in [6.45, 7) is 5.55. The van der Waals surface area contributed by atoms with E-state index in [4.69, 9.17) is 21.1 Å². The van der Waals surface area contributed by atoms with Gasteiger partial charge in [0.15, 0.2) is 11.5 Å². The molecule has 1 unspecified atom stereocenters. The highest BCUT2D eigenvalue weighted by Gasteiger charge is 2.27. The number of carbonyl (C=O) groups is 1. The molecule has 0 saturated carbocycles. The summed E-state index contributed by atoms with van der Waals surface area (Å²) < 4.78 is 10.5. The largest absolute Gasteiger partial charge is 0.493 e. The zero-order valence-electron chi connectivity index (χ0n) is 12.6. The minimum Gasteiger partial charge on any atom is -0.493 e.